The third kappa shape index (κ3) is 4.60. The normalized spacial score (nSPS) is 18.9. The highest BCUT2D eigenvalue weighted by molar-refractivity contribution is 5.96. The van der Waals surface area contributed by atoms with E-state index in [1.807, 2.05) is 31.2 Å². The Bertz CT molecular complexity index is 968. The van der Waals surface area contributed by atoms with E-state index in [0.717, 1.165) is 16.9 Å². The minimum absolute atomic E-state index is 0.0112. The summed E-state index contributed by atoms with van der Waals surface area (Å²) in [6.07, 6.45) is 0.294. The summed E-state index contributed by atoms with van der Waals surface area (Å²) in [5.41, 5.74) is 2.95. The molecule has 1 unspecified atom stereocenters. The van der Waals surface area contributed by atoms with E-state index in [2.05, 4.69) is 10.2 Å². The Morgan fingerprint density at radius 3 is 2.23 bits per heavy atom. The van der Waals surface area contributed by atoms with Crippen LogP contribution in [0.2, 0.25) is 0 Å². The molecular formula is C22H25N5O4. The number of piperazine rings is 1. The number of amides is 3. The molecule has 1 N–H and O–H groups in total. The van der Waals surface area contributed by atoms with Crippen molar-refractivity contribution in [1.82, 2.24) is 10.2 Å². The molecule has 162 valence electrons. The summed E-state index contributed by atoms with van der Waals surface area (Å²) in [5, 5.41) is 13.8. The average molecular weight is 423 g/mol. The Morgan fingerprint density at radius 2 is 1.61 bits per heavy atom. The number of nitrogens with one attached hydrogen (secondary N) is 1. The van der Waals surface area contributed by atoms with Crippen molar-refractivity contribution < 1.29 is 14.5 Å². The van der Waals surface area contributed by atoms with Gasteiger partial charge in [-0.05, 0) is 31.2 Å². The molecule has 2 saturated heterocycles. The van der Waals surface area contributed by atoms with E-state index in [9.17, 15) is 19.7 Å². The lowest BCUT2D eigenvalue weighted by atomic mass is 10.2. The lowest BCUT2D eigenvalue weighted by molar-refractivity contribution is -0.384. The molecule has 0 bridgehead atoms. The molecule has 0 aliphatic carbocycles. The maximum Gasteiger partial charge on any atom is 0.317 e. The zero-order chi connectivity index (χ0) is 22.0. The van der Waals surface area contributed by atoms with Crippen LogP contribution >= 0.6 is 0 Å². The molecule has 9 heteroatoms. The summed E-state index contributed by atoms with van der Waals surface area (Å²) in [5.74, 6) is 0.0112. The van der Waals surface area contributed by atoms with Crippen molar-refractivity contribution >= 4 is 29.0 Å². The maximum atomic E-state index is 12.7. The van der Waals surface area contributed by atoms with Gasteiger partial charge < -0.3 is 20.0 Å². The first-order valence-corrected chi connectivity index (χ1v) is 10.3. The van der Waals surface area contributed by atoms with Crippen molar-refractivity contribution in [2.75, 3.05) is 42.5 Å². The zero-order valence-electron chi connectivity index (χ0n) is 17.4. The average Bonchev–Trinajstić information content (AvgIpc) is 3.14. The Balaban J connectivity index is 1.29. The van der Waals surface area contributed by atoms with Crippen molar-refractivity contribution in [1.29, 1.82) is 0 Å². The maximum absolute atomic E-state index is 12.7. The van der Waals surface area contributed by atoms with Gasteiger partial charge in [0.2, 0.25) is 5.91 Å². The number of rotatable bonds is 4. The van der Waals surface area contributed by atoms with E-state index in [4.69, 9.17) is 0 Å². The van der Waals surface area contributed by atoms with Crippen LogP contribution < -0.4 is 15.1 Å². The fraction of sp³-hybridized carbons (Fsp3) is 0.364. The molecule has 2 aliphatic heterocycles. The van der Waals surface area contributed by atoms with E-state index >= 15 is 0 Å². The van der Waals surface area contributed by atoms with Crippen LogP contribution in [0.15, 0.2) is 48.5 Å². The highest BCUT2D eigenvalue weighted by Crippen LogP contribution is 2.23. The first kappa shape index (κ1) is 20.6. The third-order valence-electron chi connectivity index (χ3n) is 5.79. The minimum atomic E-state index is -0.417. The lowest BCUT2D eigenvalue weighted by Gasteiger charge is -2.36. The van der Waals surface area contributed by atoms with Gasteiger partial charge in [0.15, 0.2) is 0 Å². The Morgan fingerprint density at radius 1 is 1.00 bits per heavy atom. The third-order valence-corrected chi connectivity index (χ3v) is 5.79. The van der Waals surface area contributed by atoms with Gasteiger partial charge in [0.05, 0.1) is 11.0 Å². The van der Waals surface area contributed by atoms with Crippen LogP contribution in [0.25, 0.3) is 0 Å². The van der Waals surface area contributed by atoms with Gasteiger partial charge >= 0.3 is 6.03 Å². The summed E-state index contributed by atoms with van der Waals surface area (Å²) in [7, 11) is 0. The number of carbonyl (C=O) groups excluding carboxylic acids is 2. The molecule has 0 aromatic heterocycles. The van der Waals surface area contributed by atoms with Crippen LogP contribution in [-0.4, -0.2) is 60.5 Å². The lowest BCUT2D eigenvalue weighted by Crippen LogP contribution is -2.53. The van der Waals surface area contributed by atoms with Crippen LogP contribution in [0.4, 0.5) is 21.9 Å². The second kappa shape index (κ2) is 8.63. The molecular weight excluding hydrogens is 398 g/mol. The number of nitrogens with zero attached hydrogens (tertiary/aromatic N) is 4. The number of hydrogen-bond acceptors (Lipinski definition) is 5. The van der Waals surface area contributed by atoms with Crippen LogP contribution in [0.1, 0.15) is 12.0 Å². The van der Waals surface area contributed by atoms with E-state index < -0.39 is 4.92 Å². The standard InChI is InChI=1S/C22H25N5O4/c1-16-2-4-19(5-3-16)26-15-17(14-21(26)28)23-22(29)25-12-10-24(11-13-25)18-6-8-20(9-7-18)27(30)31/h2-9,17H,10-15H2,1H3,(H,23,29). The minimum Gasteiger partial charge on any atom is -0.368 e. The van der Waals surface area contributed by atoms with Crippen molar-refractivity contribution in [3.8, 4) is 0 Å². The van der Waals surface area contributed by atoms with E-state index in [1.165, 1.54) is 12.1 Å². The molecule has 3 amide bonds. The largest absolute Gasteiger partial charge is 0.368 e. The molecule has 2 heterocycles. The van der Waals surface area contributed by atoms with E-state index in [1.54, 1.807) is 21.9 Å². The SMILES string of the molecule is Cc1ccc(N2CC(NC(=O)N3CCN(c4ccc([N+](=O)[O-])cc4)CC3)CC2=O)cc1. The summed E-state index contributed by atoms with van der Waals surface area (Å²) < 4.78 is 0. The van der Waals surface area contributed by atoms with E-state index in [-0.39, 0.29) is 23.7 Å². The van der Waals surface area contributed by atoms with Gasteiger partial charge in [-0.15, -0.1) is 0 Å². The quantitative estimate of drug-likeness (QED) is 0.602. The molecule has 31 heavy (non-hydrogen) atoms. The number of benzene rings is 2. The zero-order valence-corrected chi connectivity index (χ0v) is 17.4. The fourth-order valence-corrected chi connectivity index (χ4v) is 4.00. The van der Waals surface area contributed by atoms with Gasteiger partial charge in [0.1, 0.15) is 0 Å². The predicted octanol–water partition coefficient (Wildman–Crippen LogP) is 2.54. The molecule has 2 fully saturated rings. The van der Waals surface area contributed by atoms with Crippen molar-refractivity contribution in [3.63, 3.8) is 0 Å². The van der Waals surface area contributed by atoms with Gasteiger partial charge in [0.25, 0.3) is 5.69 Å². The first-order valence-electron chi connectivity index (χ1n) is 10.3. The summed E-state index contributed by atoms with van der Waals surface area (Å²) in [6.45, 7) is 4.85. The van der Waals surface area contributed by atoms with E-state index in [0.29, 0.717) is 39.1 Å². The smallest absolute Gasteiger partial charge is 0.317 e. The number of non-ortho nitro benzene ring substituents is 1. The summed E-state index contributed by atoms with van der Waals surface area (Å²) >= 11 is 0. The molecule has 2 aromatic carbocycles. The van der Waals surface area contributed by atoms with Crippen LogP contribution in [0.3, 0.4) is 0 Å². The molecule has 0 radical (unpaired) electrons. The molecule has 0 saturated carbocycles. The van der Waals surface area contributed by atoms with Crippen LogP contribution in [-0.2, 0) is 4.79 Å². The van der Waals surface area contributed by atoms with Gasteiger partial charge in [-0.2, -0.15) is 0 Å². The Hall–Kier alpha value is -3.62. The van der Waals surface area contributed by atoms with Gasteiger partial charge in [-0.3, -0.25) is 14.9 Å². The van der Waals surface area contributed by atoms with Gasteiger partial charge in [-0.1, -0.05) is 17.7 Å². The number of carbonyl (C=O) groups is 2. The highest BCUT2D eigenvalue weighted by Gasteiger charge is 2.33. The molecule has 2 aliphatic rings. The highest BCUT2D eigenvalue weighted by atomic mass is 16.6. The summed E-state index contributed by atoms with van der Waals surface area (Å²) in [4.78, 5) is 41.1. The monoisotopic (exact) mass is 423 g/mol. The predicted molar refractivity (Wildman–Crippen MR) is 117 cm³/mol. The summed E-state index contributed by atoms with van der Waals surface area (Å²) in [6, 6.07) is 13.9. The topological polar surface area (TPSA) is 99.0 Å². The van der Waals surface area contributed by atoms with Crippen molar-refractivity contribution in [2.45, 2.75) is 19.4 Å². The first-order chi connectivity index (χ1) is 14.9. The number of nitro benzene ring substituents is 1. The Kier molecular flexibility index (Phi) is 5.75. The molecule has 4 rings (SSSR count). The fourth-order valence-electron chi connectivity index (χ4n) is 4.00. The van der Waals surface area contributed by atoms with Crippen LogP contribution in [0.5, 0.6) is 0 Å². The molecule has 0 spiro atoms. The molecule has 1 atom stereocenters. The second-order valence-corrected chi connectivity index (χ2v) is 7.94. The number of aryl methyl sites for hydroxylation is 1. The molecule has 2 aromatic rings. The van der Waals surface area contributed by atoms with Gasteiger partial charge in [0, 0.05) is 62.7 Å². The second-order valence-electron chi connectivity index (χ2n) is 7.94. The number of anilines is 2. The number of nitro groups is 1. The van der Waals surface area contributed by atoms with Gasteiger partial charge in [-0.25, -0.2) is 4.79 Å². The Labute approximate surface area is 180 Å². The van der Waals surface area contributed by atoms with Crippen LogP contribution in [0, 0.1) is 17.0 Å². The molecule has 9 nitrogen and oxygen atoms in total. The number of urea groups is 1. The van der Waals surface area contributed by atoms with Crippen molar-refractivity contribution in [3.05, 3.63) is 64.2 Å². The van der Waals surface area contributed by atoms with Crippen molar-refractivity contribution in [2.24, 2.45) is 0 Å². The number of hydrogen-bond donors (Lipinski definition) is 1.